The Kier molecular flexibility index (Phi) is 5.62. The summed E-state index contributed by atoms with van der Waals surface area (Å²) in [6, 6.07) is 3.65. The first-order valence-corrected chi connectivity index (χ1v) is 9.15. The SMILES string of the molecule is COc1ccc(S(N)(=O)=O)cc1NC(=O)C1CCCC(C(F)(F)F)C1. The zero-order valence-corrected chi connectivity index (χ0v) is 14.3. The van der Waals surface area contributed by atoms with E-state index >= 15 is 0 Å². The maximum absolute atomic E-state index is 12.9. The fourth-order valence-corrected chi connectivity index (χ4v) is 3.46. The number of hydrogen-bond donors (Lipinski definition) is 2. The summed E-state index contributed by atoms with van der Waals surface area (Å²) in [6.45, 7) is 0. The fourth-order valence-electron chi connectivity index (χ4n) is 2.92. The maximum atomic E-state index is 12.9. The molecule has 10 heteroatoms. The first-order valence-electron chi connectivity index (χ1n) is 7.60. The van der Waals surface area contributed by atoms with Gasteiger partial charge in [0.2, 0.25) is 15.9 Å². The molecule has 2 rings (SSSR count). The molecule has 6 nitrogen and oxygen atoms in total. The molecule has 140 valence electrons. The van der Waals surface area contributed by atoms with E-state index in [-0.39, 0.29) is 29.2 Å². The second-order valence-corrected chi connectivity index (χ2v) is 7.56. The summed E-state index contributed by atoms with van der Waals surface area (Å²) >= 11 is 0. The molecule has 1 fully saturated rings. The van der Waals surface area contributed by atoms with Crippen molar-refractivity contribution in [2.24, 2.45) is 17.0 Å². The lowest BCUT2D eigenvalue weighted by molar-refractivity contribution is -0.185. The number of halogens is 3. The highest BCUT2D eigenvalue weighted by molar-refractivity contribution is 7.89. The van der Waals surface area contributed by atoms with Gasteiger partial charge in [0.1, 0.15) is 5.75 Å². The van der Waals surface area contributed by atoms with E-state index < -0.39 is 33.9 Å². The molecule has 2 atom stereocenters. The summed E-state index contributed by atoms with van der Waals surface area (Å²) in [5, 5.41) is 7.51. The molecule has 1 aliphatic rings. The number of primary sulfonamides is 1. The number of alkyl halides is 3. The molecular formula is C15H19F3N2O4S. The molecule has 1 aliphatic carbocycles. The number of nitrogens with two attached hydrogens (primary N) is 1. The Bertz CT molecular complexity index is 750. The predicted octanol–water partition coefficient (Wildman–Crippen LogP) is 2.65. The van der Waals surface area contributed by atoms with Crippen LogP contribution in [-0.4, -0.2) is 27.6 Å². The molecule has 0 spiro atoms. The molecule has 0 bridgehead atoms. The third kappa shape index (κ3) is 4.85. The molecule has 2 unspecified atom stereocenters. The van der Waals surface area contributed by atoms with Crippen molar-refractivity contribution in [3.05, 3.63) is 18.2 Å². The van der Waals surface area contributed by atoms with Crippen LogP contribution in [0.4, 0.5) is 18.9 Å². The molecule has 1 aromatic rings. The number of carbonyl (C=O) groups is 1. The van der Waals surface area contributed by atoms with E-state index in [1.807, 2.05) is 0 Å². The van der Waals surface area contributed by atoms with Crippen molar-refractivity contribution in [3.8, 4) is 5.75 Å². The molecule has 1 amide bonds. The predicted molar refractivity (Wildman–Crippen MR) is 84.5 cm³/mol. The summed E-state index contributed by atoms with van der Waals surface area (Å²) in [6.07, 6.45) is -3.96. The Balaban J connectivity index is 2.19. The minimum atomic E-state index is -4.33. The average molecular weight is 380 g/mol. The van der Waals surface area contributed by atoms with E-state index in [1.165, 1.54) is 19.2 Å². The number of methoxy groups -OCH3 is 1. The van der Waals surface area contributed by atoms with Crippen molar-refractivity contribution in [2.45, 2.75) is 36.8 Å². The standard InChI is InChI=1S/C15H19F3N2O4S/c1-24-13-6-5-11(25(19,22)23)8-12(13)20-14(21)9-3-2-4-10(7-9)15(16,17)18/h5-6,8-10H,2-4,7H2,1H3,(H,20,21)(H2,19,22,23). The van der Waals surface area contributed by atoms with Gasteiger partial charge in [0.25, 0.3) is 0 Å². The second kappa shape index (κ2) is 7.20. The van der Waals surface area contributed by atoms with E-state index in [9.17, 15) is 26.4 Å². The van der Waals surface area contributed by atoms with Crippen LogP contribution < -0.4 is 15.2 Å². The summed E-state index contributed by atoms with van der Waals surface area (Å²) < 4.78 is 66.5. The van der Waals surface area contributed by atoms with Gasteiger partial charge in [0, 0.05) is 5.92 Å². The molecule has 3 N–H and O–H groups in total. The lowest BCUT2D eigenvalue weighted by Crippen LogP contribution is -2.34. The highest BCUT2D eigenvalue weighted by atomic mass is 32.2. The summed E-state index contributed by atoms with van der Waals surface area (Å²) in [4.78, 5) is 12.1. The Morgan fingerprint density at radius 1 is 1.32 bits per heavy atom. The Labute approximate surface area is 143 Å². The normalized spacial score (nSPS) is 21.6. The Morgan fingerprint density at radius 3 is 2.56 bits per heavy atom. The van der Waals surface area contributed by atoms with Crippen LogP contribution in [-0.2, 0) is 14.8 Å². The van der Waals surface area contributed by atoms with Crippen molar-refractivity contribution >= 4 is 21.6 Å². The zero-order chi connectivity index (χ0) is 18.8. The molecule has 25 heavy (non-hydrogen) atoms. The largest absolute Gasteiger partial charge is 0.495 e. The van der Waals surface area contributed by atoms with Crippen molar-refractivity contribution in [1.29, 1.82) is 0 Å². The van der Waals surface area contributed by atoms with E-state index in [0.717, 1.165) is 6.07 Å². The molecule has 0 saturated heterocycles. The van der Waals surface area contributed by atoms with Gasteiger partial charge in [0.15, 0.2) is 0 Å². The maximum Gasteiger partial charge on any atom is 0.391 e. The summed E-state index contributed by atoms with van der Waals surface area (Å²) in [5.74, 6) is -2.72. The second-order valence-electron chi connectivity index (χ2n) is 6.00. The minimum Gasteiger partial charge on any atom is -0.495 e. The van der Waals surface area contributed by atoms with Crippen LogP contribution in [0.2, 0.25) is 0 Å². The number of benzene rings is 1. The van der Waals surface area contributed by atoms with Gasteiger partial charge in [0.05, 0.1) is 23.6 Å². The van der Waals surface area contributed by atoms with Crippen molar-refractivity contribution in [1.82, 2.24) is 0 Å². The Morgan fingerprint density at radius 2 is 2.00 bits per heavy atom. The summed E-state index contributed by atoms with van der Waals surface area (Å²) in [5.41, 5.74) is 0.0492. The van der Waals surface area contributed by atoms with Crippen molar-refractivity contribution in [3.63, 3.8) is 0 Å². The third-order valence-corrected chi connectivity index (χ3v) is 5.18. The van der Waals surface area contributed by atoms with Gasteiger partial charge in [-0.3, -0.25) is 4.79 Å². The number of ether oxygens (including phenoxy) is 1. The number of carbonyl (C=O) groups excluding carboxylic acids is 1. The topological polar surface area (TPSA) is 98.5 Å². The Hall–Kier alpha value is -1.81. The van der Waals surface area contributed by atoms with Crippen LogP contribution in [0.1, 0.15) is 25.7 Å². The smallest absolute Gasteiger partial charge is 0.391 e. The monoisotopic (exact) mass is 380 g/mol. The molecule has 0 aromatic heterocycles. The lowest BCUT2D eigenvalue weighted by atomic mass is 9.80. The van der Waals surface area contributed by atoms with Crippen LogP contribution >= 0.6 is 0 Å². The first-order chi connectivity index (χ1) is 11.5. The number of sulfonamides is 1. The van der Waals surface area contributed by atoms with E-state index in [2.05, 4.69) is 5.32 Å². The van der Waals surface area contributed by atoms with Gasteiger partial charge in [-0.05, 0) is 37.5 Å². The molecule has 1 aromatic carbocycles. The number of amides is 1. The van der Waals surface area contributed by atoms with Crippen LogP contribution in [0.5, 0.6) is 5.75 Å². The molecule has 0 aliphatic heterocycles. The first kappa shape index (κ1) is 19.5. The summed E-state index contributed by atoms with van der Waals surface area (Å²) in [7, 11) is -2.67. The van der Waals surface area contributed by atoms with Crippen LogP contribution in [0.25, 0.3) is 0 Å². The van der Waals surface area contributed by atoms with E-state index in [4.69, 9.17) is 9.88 Å². The van der Waals surface area contributed by atoms with Gasteiger partial charge >= 0.3 is 6.18 Å². The molecule has 1 saturated carbocycles. The van der Waals surface area contributed by atoms with Gasteiger partial charge in [-0.2, -0.15) is 13.2 Å². The van der Waals surface area contributed by atoms with Crippen molar-refractivity contribution in [2.75, 3.05) is 12.4 Å². The highest BCUT2D eigenvalue weighted by Crippen LogP contribution is 2.40. The zero-order valence-electron chi connectivity index (χ0n) is 13.5. The molecule has 0 radical (unpaired) electrons. The number of anilines is 1. The fraction of sp³-hybridized carbons (Fsp3) is 0.533. The van der Waals surface area contributed by atoms with Gasteiger partial charge < -0.3 is 10.1 Å². The quantitative estimate of drug-likeness (QED) is 0.839. The van der Waals surface area contributed by atoms with Crippen LogP contribution in [0, 0.1) is 11.8 Å². The highest BCUT2D eigenvalue weighted by Gasteiger charge is 2.43. The minimum absolute atomic E-state index is 0.0114. The lowest BCUT2D eigenvalue weighted by Gasteiger charge is -2.29. The number of hydrogen-bond acceptors (Lipinski definition) is 4. The number of nitrogens with one attached hydrogen (secondary N) is 1. The van der Waals surface area contributed by atoms with Crippen LogP contribution in [0.15, 0.2) is 23.1 Å². The molecular weight excluding hydrogens is 361 g/mol. The van der Waals surface area contributed by atoms with Crippen molar-refractivity contribution < 1.29 is 31.1 Å². The van der Waals surface area contributed by atoms with Gasteiger partial charge in [-0.1, -0.05) is 6.42 Å². The van der Waals surface area contributed by atoms with Gasteiger partial charge in [-0.25, -0.2) is 13.6 Å². The van der Waals surface area contributed by atoms with E-state index in [0.29, 0.717) is 12.8 Å². The number of rotatable bonds is 4. The van der Waals surface area contributed by atoms with Crippen LogP contribution in [0.3, 0.4) is 0 Å². The third-order valence-electron chi connectivity index (χ3n) is 4.27. The van der Waals surface area contributed by atoms with E-state index in [1.54, 1.807) is 0 Å². The average Bonchev–Trinajstić information content (AvgIpc) is 2.53. The van der Waals surface area contributed by atoms with Gasteiger partial charge in [-0.15, -0.1) is 0 Å². The molecule has 0 heterocycles.